The number of likely N-dealkylation sites (tertiary alicyclic amines) is 1. The number of halogens is 3. The molecule has 1 amide bonds. The van der Waals surface area contributed by atoms with Crippen LogP contribution >= 0.6 is 0 Å². The normalized spacial score (nSPS) is 23.1. The van der Waals surface area contributed by atoms with Crippen LogP contribution in [-0.4, -0.2) is 100 Å². The summed E-state index contributed by atoms with van der Waals surface area (Å²) >= 11 is 0. The summed E-state index contributed by atoms with van der Waals surface area (Å²) in [5, 5.41) is 14.2. The van der Waals surface area contributed by atoms with Crippen LogP contribution in [0.15, 0.2) is 61.1 Å². The molecule has 0 aliphatic carbocycles. The Bertz CT molecular complexity index is 1890. The predicted molar refractivity (Wildman–Crippen MR) is 176 cm³/mol. The van der Waals surface area contributed by atoms with Crippen molar-refractivity contribution in [3.63, 3.8) is 0 Å². The molecule has 260 valence electrons. The summed E-state index contributed by atoms with van der Waals surface area (Å²) in [5.74, 6) is 1.10. The molecule has 14 heteroatoms. The second kappa shape index (κ2) is 13.1. The molecule has 5 fully saturated rings. The summed E-state index contributed by atoms with van der Waals surface area (Å²) in [6, 6.07) is 13.6. The van der Waals surface area contributed by atoms with Crippen molar-refractivity contribution in [3.8, 4) is 28.7 Å². The molecular formula is C36H36F3N7O4. The van der Waals surface area contributed by atoms with Crippen molar-refractivity contribution in [2.75, 3.05) is 44.2 Å². The van der Waals surface area contributed by atoms with Gasteiger partial charge in [-0.2, -0.15) is 10.4 Å². The molecule has 1 aromatic carbocycles. The number of carbonyl (C=O) groups excluding carboxylic acids is 1. The second-order valence-corrected chi connectivity index (χ2v) is 13.5. The Balaban J connectivity index is 0.900. The molecule has 0 spiro atoms. The van der Waals surface area contributed by atoms with Crippen LogP contribution in [0.1, 0.15) is 36.8 Å². The Morgan fingerprint density at radius 1 is 1.00 bits per heavy atom. The first-order chi connectivity index (χ1) is 24.2. The van der Waals surface area contributed by atoms with E-state index in [2.05, 4.69) is 25.7 Å². The topological polar surface area (TPSA) is 108 Å². The predicted octanol–water partition coefficient (Wildman–Crippen LogP) is 4.83. The van der Waals surface area contributed by atoms with Crippen molar-refractivity contribution >= 4 is 17.2 Å². The monoisotopic (exact) mass is 687 g/mol. The van der Waals surface area contributed by atoms with Crippen LogP contribution in [-0.2, 0) is 16.0 Å². The van der Waals surface area contributed by atoms with Crippen molar-refractivity contribution in [2.45, 2.75) is 62.8 Å². The number of piperidine rings is 1. The van der Waals surface area contributed by atoms with Gasteiger partial charge in [0.1, 0.15) is 23.4 Å². The number of fused-ring (bicyclic) bond motifs is 5. The maximum atomic E-state index is 13.1. The number of alkyl halides is 3. The van der Waals surface area contributed by atoms with Crippen molar-refractivity contribution in [3.05, 3.63) is 72.2 Å². The van der Waals surface area contributed by atoms with Gasteiger partial charge in [0.2, 0.25) is 5.91 Å². The zero-order valence-corrected chi connectivity index (χ0v) is 27.3. The lowest BCUT2D eigenvalue weighted by molar-refractivity contribution is -0.274. The standard InChI is InChI=1S/C36H36F3N7O4/c37-36(38,39)50-28-5-2-23(3-6-28)12-34(47)46-26-13-27(46)19-44(18-26)33-9-4-24(16-41-33)32-14-31(22-45-35(32)25(15-40)17-42-45)48-11-1-10-43-20-29-7-8-30(21-43)49-29/h2-6,9,14,16-17,22,26-27,29-30H,1,7-8,10-13,18-21H2. The van der Waals surface area contributed by atoms with Gasteiger partial charge in [-0.1, -0.05) is 12.1 Å². The molecule has 0 saturated carbocycles. The van der Waals surface area contributed by atoms with E-state index in [0.717, 1.165) is 62.3 Å². The highest BCUT2D eigenvalue weighted by Gasteiger charge is 2.47. The van der Waals surface area contributed by atoms with Crippen LogP contribution in [0.4, 0.5) is 19.0 Å². The van der Waals surface area contributed by atoms with E-state index in [-0.39, 0.29) is 30.2 Å². The number of amides is 1. The molecule has 3 aromatic heterocycles. The molecule has 9 rings (SSSR count). The molecule has 0 N–H and O–H groups in total. The smallest absolute Gasteiger partial charge is 0.492 e. The van der Waals surface area contributed by atoms with E-state index in [0.29, 0.717) is 54.3 Å². The fraction of sp³-hybridized carbons (Fsp3) is 0.444. The van der Waals surface area contributed by atoms with Crippen molar-refractivity contribution in [2.24, 2.45) is 0 Å². The van der Waals surface area contributed by atoms with Gasteiger partial charge in [-0.05, 0) is 61.6 Å². The third kappa shape index (κ3) is 6.67. The summed E-state index contributed by atoms with van der Waals surface area (Å²) in [4.78, 5) is 24.5. The van der Waals surface area contributed by atoms with Crippen LogP contribution in [0.25, 0.3) is 16.6 Å². The molecule has 8 heterocycles. The first-order valence-corrected chi connectivity index (χ1v) is 17.0. The molecule has 4 unspecified atom stereocenters. The van der Waals surface area contributed by atoms with Gasteiger partial charge in [-0.3, -0.25) is 9.69 Å². The van der Waals surface area contributed by atoms with Gasteiger partial charge < -0.3 is 24.0 Å². The van der Waals surface area contributed by atoms with Crippen molar-refractivity contribution < 1.29 is 32.2 Å². The number of piperazine rings is 1. The number of hydrogen-bond donors (Lipinski definition) is 0. The van der Waals surface area contributed by atoms with Crippen molar-refractivity contribution in [1.82, 2.24) is 24.4 Å². The van der Waals surface area contributed by atoms with Crippen LogP contribution in [0.5, 0.6) is 11.5 Å². The number of morpholine rings is 1. The summed E-state index contributed by atoms with van der Waals surface area (Å²) in [5.41, 5.74) is 3.41. The highest BCUT2D eigenvalue weighted by molar-refractivity contribution is 5.85. The SMILES string of the molecule is N#Cc1cnn2cc(OCCCN3CC4CCC(C3)O4)cc(-c3ccc(N4CC5CC(C4)N5C(=O)Cc4ccc(OC(F)(F)F)cc4)nc3)c12. The maximum Gasteiger partial charge on any atom is 0.573 e. The van der Waals surface area contributed by atoms with E-state index in [9.17, 15) is 23.2 Å². The average molecular weight is 688 g/mol. The average Bonchev–Trinajstić information content (AvgIpc) is 3.68. The zero-order valence-electron chi connectivity index (χ0n) is 27.3. The van der Waals surface area contributed by atoms with Crippen LogP contribution in [0.2, 0.25) is 0 Å². The highest BCUT2D eigenvalue weighted by Crippen LogP contribution is 2.36. The van der Waals surface area contributed by atoms with Gasteiger partial charge in [0.25, 0.3) is 0 Å². The molecular weight excluding hydrogens is 651 g/mol. The van der Waals surface area contributed by atoms with E-state index < -0.39 is 6.36 Å². The number of carbonyl (C=O) groups is 1. The minimum Gasteiger partial charge on any atom is -0.492 e. The largest absolute Gasteiger partial charge is 0.573 e. The number of ether oxygens (including phenoxy) is 3. The fourth-order valence-corrected chi connectivity index (χ4v) is 7.85. The van der Waals surface area contributed by atoms with Crippen molar-refractivity contribution in [1.29, 1.82) is 5.26 Å². The van der Waals surface area contributed by atoms with Gasteiger partial charge in [-0.15, -0.1) is 13.2 Å². The molecule has 4 bridgehead atoms. The summed E-state index contributed by atoms with van der Waals surface area (Å²) < 4.78 is 55.2. The lowest BCUT2D eigenvalue weighted by Gasteiger charge is -2.56. The summed E-state index contributed by atoms with van der Waals surface area (Å²) in [7, 11) is 0. The number of anilines is 1. The van der Waals surface area contributed by atoms with E-state index in [4.69, 9.17) is 14.5 Å². The number of rotatable bonds is 10. The Hall–Kier alpha value is -4.87. The minimum absolute atomic E-state index is 0.0346. The lowest BCUT2D eigenvalue weighted by atomic mass is 9.86. The first-order valence-electron chi connectivity index (χ1n) is 17.0. The summed E-state index contributed by atoms with van der Waals surface area (Å²) in [6.07, 6.45) is 5.33. The zero-order chi connectivity index (χ0) is 34.4. The third-order valence-electron chi connectivity index (χ3n) is 10.1. The van der Waals surface area contributed by atoms with Crippen LogP contribution in [0.3, 0.4) is 0 Å². The number of nitrogens with zero attached hydrogens (tertiary/aromatic N) is 7. The highest BCUT2D eigenvalue weighted by atomic mass is 19.4. The van der Waals surface area contributed by atoms with Crippen LogP contribution < -0.4 is 14.4 Å². The number of pyridine rings is 2. The van der Waals surface area contributed by atoms with Gasteiger partial charge in [-0.25, -0.2) is 9.50 Å². The van der Waals surface area contributed by atoms with E-state index in [1.807, 2.05) is 23.1 Å². The number of hydrogen-bond acceptors (Lipinski definition) is 9. The van der Waals surface area contributed by atoms with Gasteiger partial charge in [0, 0.05) is 50.0 Å². The number of benzene rings is 1. The minimum atomic E-state index is -4.76. The molecule has 5 aliphatic heterocycles. The number of nitriles is 1. The third-order valence-corrected chi connectivity index (χ3v) is 10.1. The molecule has 50 heavy (non-hydrogen) atoms. The Kier molecular flexibility index (Phi) is 8.48. The molecule has 11 nitrogen and oxygen atoms in total. The van der Waals surface area contributed by atoms with Gasteiger partial charge >= 0.3 is 6.36 Å². The fourth-order valence-electron chi connectivity index (χ4n) is 7.85. The van der Waals surface area contributed by atoms with Crippen LogP contribution in [0, 0.1) is 11.3 Å². The van der Waals surface area contributed by atoms with Gasteiger partial charge in [0.05, 0.1) is 60.8 Å². The Morgan fingerprint density at radius 2 is 1.76 bits per heavy atom. The molecule has 0 radical (unpaired) electrons. The Morgan fingerprint density at radius 3 is 2.44 bits per heavy atom. The van der Waals surface area contributed by atoms with E-state index in [1.54, 1.807) is 23.1 Å². The molecule has 5 saturated heterocycles. The molecule has 4 aromatic rings. The molecule has 4 atom stereocenters. The van der Waals surface area contributed by atoms with E-state index >= 15 is 0 Å². The molecule has 5 aliphatic rings. The lowest BCUT2D eigenvalue weighted by Crippen LogP contribution is -2.70. The quantitative estimate of drug-likeness (QED) is 0.217. The first kappa shape index (κ1) is 32.3. The second-order valence-electron chi connectivity index (χ2n) is 13.5. The maximum absolute atomic E-state index is 13.1. The summed E-state index contributed by atoms with van der Waals surface area (Å²) in [6.45, 7) is 4.75. The number of aromatic nitrogens is 3. The van der Waals surface area contributed by atoms with Gasteiger partial charge in [0.15, 0.2) is 0 Å². The Labute approximate surface area is 286 Å². The van der Waals surface area contributed by atoms with E-state index in [1.165, 1.54) is 24.3 Å².